The molecule has 0 spiro atoms. The van der Waals surface area contributed by atoms with Gasteiger partial charge in [0.2, 0.25) is 0 Å². The van der Waals surface area contributed by atoms with Gasteiger partial charge in [0.25, 0.3) is 5.91 Å². The van der Waals surface area contributed by atoms with Crippen molar-refractivity contribution in [2.45, 2.75) is 19.0 Å². The van der Waals surface area contributed by atoms with Gasteiger partial charge in [-0.2, -0.15) is 0 Å². The van der Waals surface area contributed by atoms with Gasteiger partial charge in [-0.3, -0.25) is 14.7 Å². The Bertz CT molecular complexity index is 1220. The Morgan fingerprint density at radius 2 is 1.91 bits per heavy atom. The Balaban J connectivity index is 1.48. The molecule has 0 N–H and O–H groups in total. The summed E-state index contributed by atoms with van der Waals surface area (Å²) in [6, 6.07) is 12.6. The molecule has 5 rings (SSSR count). The van der Waals surface area contributed by atoms with Crippen LogP contribution in [0.1, 0.15) is 22.3 Å². The van der Waals surface area contributed by atoms with Gasteiger partial charge in [0.15, 0.2) is 0 Å². The third-order valence-electron chi connectivity index (χ3n) is 6.49. The van der Waals surface area contributed by atoms with Gasteiger partial charge in [0.05, 0.1) is 24.9 Å². The summed E-state index contributed by atoms with van der Waals surface area (Å²) in [5, 5.41) is 0. The number of nitrogens with zero attached hydrogens (tertiary/aromatic N) is 5. The molecule has 0 aliphatic carbocycles. The quantitative estimate of drug-likeness (QED) is 0.596. The van der Waals surface area contributed by atoms with Gasteiger partial charge in [0, 0.05) is 36.5 Å². The predicted molar refractivity (Wildman–Crippen MR) is 125 cm³/mol. The molecule has 0 saturated carbocycles. The van der Waals surface area contributed by atoms with Crippen LogP contribution in [0.4, 0.5) is 16.0 Å². The van der Waals surface area contributed by atoms with Crippen LogP contribution in [0.3, 0.4) is 0 Å². The van der Waals surface area contributed by atoms with Gasteiger partial charge in [-0.1, -0.05) is 12.1 Å². The van der Waals surface area contributed by atoms with Crippen molar-refractivity contribution in [1.29, 1.82) is 0 Å². The molecule has 1 amide bonds. The lowest BCUT2D eigenvalue weighted by Gasteiger charge is -2.22. The molecule has 1 fully saturated rings. The van der Waals surface area contributed by atoms with Gasteiger partial charge in [-0.25, -0.2) is 9.37 Å². The van der Waals surface area contributed by atoms with Gasteiger partial charge in [0.1, 0.15) is 23.2 Å². The minimum atomic E-state index is -0.439. The molecule has 33 heavy (non-hydrogen) atoms. The number of likely N-dealkylation sites (N-methyl/N-ethyl adjacent to an activating group) is 1. The van der Waals surface area contributed by atoms with E-state index in [2.05, 4.69) is 28.9 Å². The standard InChI is InChI=1S/C25H26FN5O2/c1-29(2)16-11-13-30(14-16)21-8-5-9-22(28-21)31-15-18-17(25(31)32)10-12-27-24(18)23-19(26)6-4-7-20(23)33-3/h4-10,12,16H,11,13-15H2,1-3H3/t16-/m1/s1. The first-order valence-electron chi connectivity index (χ1n) is 11.0. The van der Waals surface area contributed by atoms with Crippen molar-refractivity contribution in [3.8, 4) is 17.0 Å². The summed E-state index contributed by atoms with van der Waals surface area (Å²) in [5.74, 6) is 1.21. The van der Waals surface area contributed by atoms with Crippen LogP contribution < -0.4 is 14.5 Å². The number of anilines is 2. The molecule has 4 heterocycles. The monoisotopic (exact) mass is 447 g/mol. The van der Waals surface area contributed by atoms with Crippen LogP contribution >= 0.6 is 0 Å². The van der Waals surface area contributed by atoms with Crippen LogP contribution in [0.25, 0.3) is 11.3 Å². The summed E-state index contributed by atoms with van der Waals surface area (Å²) < 4.78 is 20.2. The van der Waals surface area contributed by atoms with Crippen LogP contribution in [-0.4, -0.2) is 61.1 Å². The molecule has 0 radical (unpaired) electrons. The first-order valence-corrected chi connectivity index (χ1v) is 11.0. The molecule has 1 aromatic carbocycles. The topological polar surface area (TPSA) is 61.8 Å². The summed E-state index contributed by atoms with van der Waals surface area (Å²) in [5.41, 5.74) is 1.86. The molecule has 7 nitrogen and oxygen atoms in total. The van der Waals surface area contributed by atoms with Crippen LogP contribution in [-0.2, 0) is 6.54 Å². The second kappa shape index (κ2) is 8.44. The molecule has 0 unspecified atom stereocenters. The highest BCUT2D eigenvalue weighted by Gasteiger charge is 2.34. The van der Waals surface area contributed by atoms with Crippen molar-refractivity contribution in [1.82, 2.24) is 14.9 Å². The molecule has 3 aromatic rings. The third-order valence-corrected chi connectivity index (χ3v) is 6.49. The largest absolute Gasteiger partial charge is 0.496 e. The second-order valence-electron chi connectivity index (χ2n) is 8.60. The molecule has 1 saturated heterocycles. The minimum absolute atomic E-state index is 0.166. The lowest BCUT2D eigenvalue weighted by molar-refractivity contribution is 0.0996. The van der Waals surface area contributed by atoms with E-state index in [1.807, 2.05) is 18.2 Å². The van der Waals surface area contributed by atoms with E-state index in [4.69, 9.17) is 9.72 Å². The van der Waals surface area contributed by atoms with Crippen LogP contribution in [0.15, 0.2) is 48.7 Å². The number of fused-ring (bicyclic) bond motifs is 1. The Hall–Kier alpha value is -3.52. The van der Waals surface area contributed by atoms with E-state index >= 15 is 0 Å². The molecule has 1 atom stereocenters. The maximum absolute atomic E-state index is 14.8. The van der Waals surface area contributed by atoms with Gasteiger partial charge in [-0.15, -0.1) is 0 Å². The van der Waals surface area contributed by atoms with Crippen LogP contribution in [0, 0.1) is 5.82 Å². The highest BCUT2D eigenvalue weighted by Crippen LogP contribution is 2.38. The Kier molecular flexibility index (Phi) is 5.46. The van der Waals surface area contributed by atoms with E-state index in [1.165, 1.54) is 19.4 Å². The zero-order valence-corrected chi connectivity index (χ0v) is 19.0. The zero-order valence-electron chi connectivity index (χ0n) is 19.0. The fourth-order valence-corrected chi connectivity index (χ4v) is 4.64. The van der Waals surface area contributed by atoms with Crippen LogP contribution in [0.5, 0.6) is 5.75 Å². The SMILES string of the molecule is COc1cccc(F)c1-c1nccc2c1CN(c1cccc(N3CC[C@@H](N(C)C)C3)n1)C2=O. The molecular formula is C25H26FN5O2. The maximum Gasteiger partial charge on any atom is 0.260 e. The highest BCUT2D eigenvalue weighted by molar-refractivity contribution is 6.10. The van der Waals surface area contributed by atoms with Crippen molar-refractivity contribution in [3.05, 3.63) is 65.6 Å². The number of carbonyl (C=O) groups is 1. The molecule has 8 heteroatoms. The Labute approximate surface area is 192 Å². The van der Waals surface area contributed by atoms with Crippen molar-refractivity contribution < 1.29 is 13.9 Å². The van der Waals surface area contributed by atoms with Crippen molar-refractivity contribution in [2.75, 3.05) is 44.1 Å². The predicted octanol–water partition coefficient (Wildman–Crippen LogP) is 3.59. The molecule has 170 valence electrons. The first-order chi connectivity index (χ1) is 16.0. The van der Waals surface area contributed by atoms with E-state index in [9.17, 15) is 9.18 Å². The normalized spacial score (nSPS) is 17.7. The fourth-order valence-electron chi connectivity index (χ4n) is 4.64. The lowest BCUT2D eigenvalue weighted by atomic mass is 10.0. The van der Waals surface area contributed by atoms with Crippen molar-refractivity contribution in [2.24, 2.45) is 0 Å². The third kappa shape index (κ3) is 3.70. The van der Waals surface area contributed by atoms with E-state index < -0.39 is 5.82 Å². The number of amides is 1. The minimum Gasteiger partial charge on any atom is -0.496 e. The number of carbonyl (C=O) groups excluding carboxylic acids is 1. The fraction of sp³-hybridized carbons (Fsp3) is 0.320. The number of benzene rings is 1. The molecule has 0 bridgehead atoms. The number of methoxy groups -OCH3 is 1. The number of halogens is 1. The van der Waals surface area contributed by atoms with Crippen molar-refractivity contribution in [3.63, 3.8) is 0 Å². The summed E-state index contributed by atoms with van der Waals surface area (Å²) in [6.45, 7) is 2.10. The molecular weight excluding hydrogens is 421 g/mol. The summed E-state index contributed by atoms with van der Waals surface area (Å²) in [7, 11) is 5.68. The number of hydrogen-bond acceptors (Lipinski definition) is 6. The number of aromatic nitrogens is 2. The van der Waals surface area contributed by atoms with Crippen LogP contribution in [0.2, 0.25) is 0 Å². The summed E-state index contributed by atoms with van der Waals surface area (Å²) >= 11 is 0. The van der Waals surface area contributed by atoms with E-state index in [0.29, 0.717) is 34.4 Å². The maximum atomic E-state index is 14.8. The summed E-state index contributed by atoms with van der Waals surface area (Å²) in [6.07, 6.45) is 2.61. The number of hydrogen-bond donors (Lipinski definition) is 0. The van der Waals surface area contributed by atoms with Gasteiger partial charge < -0.3 is 14.5 Å². The zero-order chi connectivity index (χ0) is 23.1. The van der Waals surface area contributed by atoms with Gasteiger partial charge >= 0.3 is 0 Å². The number of rotatable bonds is 5. The molecule has 2 aliphatic heterocycles. The smallest absolute Gasteiger partial charge is 0.260 e. The average Bonchev–Trinajstić information content (AvgIpc) is 3.45. The van der Waals surface area contributed by atoms with Crippen molar-refractivity contribution >= 4 is 17.5 Å². The highest BCUT2D eigenvalue weighted by atomic mass is 19.1. The van der Waals surface area contributed by atoms with E-state index in [-0.39, 0.29) is 18.0 Å². The lowest BCUT2D eigenvalue weighted by Crippen LogP contribution is -2.32. The van der Waals surface area contributed by atoms with E-state index in [1.54, 1.807) is 23.1 Å². The average molecular weight is 448 g/mol. The van der Waals surface area contributed by atoms with E-state index in [0.717, 1.165) is 25.3 Å². The number of ether oxygens (including phenoxy) is 1. The number of pyridine rings is 2. The molecule has 2 aliphatic rings. The Morgan fingerprint density at radius 3 is 2.67 bits per heavy atom. The first kappa shape index (κ1) is 21.3. The second-order valence-corrected chi connectivity index (χ2v) is 8.60. The van der Waals surface area contributed by atoms with Gasteiger partial charge in [-0.05, 0) is 50.8 Å². The Morgan fingerprint density at radius 1 is 1.12 bits per heavy atom. The molecule has 2 aromatic heterocycles. The summed E-state index contributed by atoms with van der Waals surface area (Å²) in [4.78, 5) is 28.7.